The van der Waals surface area contributed by atoms with Crippen molar-refractivity contribution in [3.63, 3.8) is 0 Å². The van der Waals surface area contributed by atoms with E-state index in [9.17, 15) is 13.2 Å². The molecule has 0 bridgehead atoms. The average molecular weight is 298 g/mol. The van der Waals surface area contributed by atoms with Gasteiger partial charge in [-0.15, -0.1) is 0 Å². The first-order valence-corrected chi connectivity index (χ1v) is 7.43. The van der Waals surface area contributed by atoms with Gasteiger partial charge in [0.15, 0.2) is 0 Å². The number of alkyl halides is 1. The Labute approximate surface area is 99.2 Å². The molecule has 0 aromatic rings. The van der Waals surface area contributed by atoms with Crippen LogP contribution < -0.4 is 0 Å². The lowest BCUT2D eigenvalue weighted by Crippen LogP contribution is -2.37. The lowest BCUT2D eigenvalue weighted by molar-refractivity contribution is -0.118. The summed E-state index contributed by atoms with van der Waals surface area (Å²) in [6, 6.07) is 0. The summed E-state index contributed by atoms with van der Waals surface area (Å²) in [4.78, 5) is 11.2. The maximum Gasteiger partial charge on any atom is 0.216 e. The van der Waals surface area contributed by atoms with Crippen molar-refractivity contribution in [1.29, 1.82) is 0 Å². The van der Waals surface area contributed by atoms with Gasteiger partial charge >= 0.3 is 0 Å². The first-order chi connectivity index (χ1) is 6.85. The molecule has 4 nitrogen and oxygen atoms in total. The Hall–Kier alpha value is 0.0600. The second-order valence-electron chi connectivity index (χ2n) is 3.97. The topological polar surface area (TPSA) is 54.5 Å². The molecule has 6 heteroatoms. The standard InChI is InChI=1S/C9H16BrNO3S/c1-7(2)15(13,14)11-5-3-8(10)9(12)4-6-11/h7-8H,3-6H2,1-2H3. The minimum atomic E-state index is -3.21. The molecule has 1 heterocycles. The molecule has 1 aliphatic heterocycles. The first kappa shape index (κ1) is 13.1. The Kier molecular flexibility index (Phi) is 4.31. The van der Waals surface area contributed by atoms with E-state index in [1.165, 1.54) is 4.31 Å². The molecule has 1 atom stereocenters. The largest absolute Gasteiger partial charge is 0.298 e. The Balaban J connectivity index is 2.78. The summed E-state index contributed by atoms with van der Waals surface area (Å²) in [6.07, 6.45) is 0.868. The summed E-state index contributed by atoms with van der Waals surface area (Å²) >= 11 is 3.26. The normalized spacial score (nSPS) is 25.6. The van der Waals surface area contributed by atoms with E-state index in [0.29, 0.717) is 25.9 Å². The third-order valence-electron chi connectivity index (χ3n) is 2.54. The van der Waals surface area contributed by atoms with Crippen molar-refractivity contribution < 1.29 is 13.2 Å². The van der Waals surface area contributed by atoms with Crippen molar-refractivity contribution in [3.8, 4) is 0 Å². The first-order valence-electron chi connectivity index (χ1n) is 5.01. The fourth-order valence-corrected chi connectivity index (χ4v) is 3.21. The third kappa shape index (κ3) is 3.01. The molecule has 15 heavy (non-hydrogen) atoms. The van der Waals surface area contributed by atoms with Crippen molar-refractivity contribution in [3.05, 3.63) is 0 Å². The number of carbonyl (C=O) groups is 1. The van der Waals surface area contributed by atoms with Gasteiger partial charge in [-0.25, -0.2) is 12.7 Å². The molecule has 0 radical (unpaired) electrons. The van der Waals surface area contributed by atoms with Gasteiger partial charge in [-0.3, -0.25) is 4.79 Å². The molecular weight excluding hydrogens is 282 g/mol. The van der Waals surface area contributed by atoms with E-state index >= 15 is 0 Å². The number of sulfonamides is 1. The molecule has 88 valence electrons. The van der Waals surface area contributed by atoms with Gasteiger partial charge < -0.3 is 0 Å². The number of nitrogens with zero attached hydrogens (tertiary/aromatic N) is 1. The Morgan fingerprint density at radius 3 is 2.53 bits per heavy atom. The van der Waals surface area contributed by atoms with E-state index < -0.39 is 15.3 Å². The van der Waals surface area contributed by atoms with Crippen molar-refractivity contribution in [2.75, 3.05) is 13.1 Å². The fourth-order valence-electron chi connectivity index (χ4n) is 1.47. The predicted molar refractivity (Wildman–Crippen MR) is 62.6 cm³/mol. The van der Waals surface area contributed by atoms with Crippen LogP contribution in [0.1, 0.15) is 26.7 Å². The van der Waals surface area contributed by atoms with E-state index in [4.69, 9.17) is 0 Å². The highest BCUT2D eigenvalue weighted by molar-refractivity contribution is 9.10. The van der Waals surface area contributed by atoms with Gasteiger partial charge in [0.25, 0.3) is 0 Å². The number of Topliss-reactive ketones (excluding diaryl/α,β-unsaturated/α-hetero) is 1. The van der Waals surface area contributed by atoms with Crippen LogP contribution in [0.2, 0.25) is 0 Å². The van der Waals surface area contributed by atoms with Crippen LogP contribution in [0.3, 0.4) is 0 Å². The summed E-state index contributed by atoms with van der Waals surface area (Å²) in [5.74, 6) is 0.0939. The number of ketones is 1. The Bertz CT molecular complexity index is 339. The molecular formula is C9H16BrNO3S. The summed E-state index contributed by atoms with van der Waals surface area (Å²) in [5, 5.41) is -0.417. The number of hydrogen-bond acceptors (Lipinski definition) is 3. The van der Waals surface area contributed by atoms with Gasteiger partial charge in [0.05, 0.1) is 10.1 Å². The molecule has 1 aliphatic rings. The van der Waals surface area contributed by atoms with E-state index in [0.717, 1.165) is 0 Å². The minimum absolute atomic E-state index is 0.0939. The van der Waals surface area contributed by atoms with E-state index in [1.807, 2.05) is 0 Å². The molecule has 1 rings (SSSR count). The van der Waals surface area contributed by atoms with Gasteiger partial charge in [-0.2, -0.15) is 0 Å². The molecule has 1 saturated heterocycles. The summed E-state index contributed by atoms with van der Waals surface area (Å²) in [6.45, 7) is 4.07. The Morgan fingerprint density at radius 1 is 1.40 bits per heavy atom. The third-order valence-corrected chi connectivity index (χ3v) is 5.79. The maximum absolute atomic E-state index is 11.9. The summed E-state index contributed by atoms with van der Waals surface area (Å²) in [7, 11) is -3.21. The molecule has 0 saturated carbocycles. The SMILES string of the molecule is CC(C)S(=O)(=O)N1CCC(=O)C(Br)CC1. The highest BCUT2D eigenvalue weighted by Gasteiger charge is 2.30. The number of rotatable bonds is 2. The van der Waals surface area contributed by atoms with Crippen molar-refractivity contribution in [1.82, 2.24) is 4.31 Å². The summed E-state index contributed by atoms with van der Waals surface area (Å²) in [5.41, 5.74) is 0. The minimum Gasteiger partial charge on any atom is -0.298 e. The zero-order valence-electron chi connectivity index (χ0n) is 8.94. The average Bonchev–Trinajstić information content (AvgIpc) is 2.30. The zero-order chi connectivity index (χ0) is 11.6. The number of hydrogen-bond donors (Lipinski definition) is 0. The monoisotopic (exact) mass is 297 g/mol. The smallest absolute Gasteiger partial charge is 0.216 e. The van der Waals surface area contributed by atoms with Crippen LogP contribution in [0.4, 0.5) is 0 Å². The molecule has 0 spiro atoms. The second kappa shape index (κ2) is 4.93. The van der Waals surface area contributed by atoms with Crippen molar-refractivity contribution in [2.45, 2.75) is 36.8 Å². The predicted octanol–water partition coefficient (Wildman–Crippen LogP) is 1.15. The molecule has 0 aromatic heterocycles. The molecule has 1 unspecified atom stereocenters. The quantitative estimate of drug-likeness (QED) is 0.719. The zero-order valence-corrected chi connectivity index (χ0v) is 11.3. The van der Waals surface area contributed by atoms with Gasteiger partial charge in [0.2, 0.25) is 10.0 Å². The second-order valence-corrected chi connectivity index (χ2v) is 7.56. The lowest BCUT2D eigenvalue weighted by Gasteiger charge is -2.21. The van der Waals surface area contributed by atoms with Crippen LogP contribution in [0, 0.1) is 0 Å². The highest BCUT2D eigenvalue weighted by Crippen LogP contribution is 2.19. The van der Waals surface area contributed by atoms with Gasteiger partial charge in [-0.05, 0) is 20.3 Å². The van der Waals surface area contributed by atoms with E-state index in [-0.39, 0.29) is 10.6 Å². The van der Waals surface area contributed by atoms with Gasteiger partial charge in [0, 0.05) is 19.5 Å². The van der Waals surface area contributed by atoms with Crippen molar-refractivity contribution in [2.24, 2.45) is 0 Å². The van der Waals surface area contributed by atoms with E-state index in [2.05, 4.69) is 15.9 Å². The molecule has 0 N–H and O–H groups in total. The molecule has 0 aromatic carbocycles. The van der Waals surface area contributed by atoms with E-state index in [1.54, 1.807) is 13.8 Å². The summed E-state index contributed by atoms with van der Waals surface area (Å²) < 4.78 is 25.1. The van der Waals surface area contributed by atoms with Crippen LogP contribution >= 0.6 is 15.9 Å². The molecule has 0 aliphatic carbocycles. The number of halogens is 1. The fraction of sp³-hybridized carbons (Fsp3) is 0.889. The Morgan fingerprint density at radius 2 is 2.00 bits per heavy atom. The highest BCUT2D eigenvalue weighted by atomic mass is 79.9. The van der Waals surface area contributed by atoms with Crippen LogP contribution in [0.15, 0.2) is 0 Å². The van der Waals surface area contributed by atoms with Crippen LogP contribution in [-0.4, -0.2) is 41.7 Å². The number of carbonyl (C=O) groups excluding carboxylic acids is 1. The van der Waals surface area contributed by atoms with Gasteiger partial charge in [0.1, 0.15) is 5.78 Å². The van der Waals surface area contributed by atoms with Crippen molar-refractivity contribution >= 4 is 31.7 Å². The van der Waals surface area contributed by atoms with Crippen LogP contribution in [0.5, 0.6) is 0 Å². The van der Waals surface area contributed by atoms with Crippen LogP contribution in [-0.2, 0) is 14.8 Å². The lowest BCUT2D eigenvalue weighted by atomic mass is 10.2. The van der Waals surface area contributed by atoms with Crippen LogP contribution in [0.25, 0.3) is 0 Å². The maximum atomic E-state index is 11.9. The molecule has 1 fully saturated rings. The van der Waals surface area contributed by atoms with Gasteiger partial charge in [-0.1, -0.05) is 15.9 Å². The molecule has 0 amide bonds.